The van der Waals surface area contributed by atoms with Crippen LogP contribution in [0, 0.1) is 5.82 Å². The summed E-state index contributed by atoms with van der Waals surface area (Å²) in [5.74, 6) is 1.70. The molecule has 1 aromatic heterocycles. The highest BCUT2D eigenvalue weighted by atomic mass is 19.1. The molecule has 1 amide bonds. The van der Waals surface area contributed by atoms with Crippen molar-refractivity contribution >= 4 is 17.5 Å². The van der Waals surface area contributed by atoms with Crippen LogP contribution in [0.2, 0.25) is 0 Å². The Morgan fingerprint density at radius 3 is 2.03 bits per heavy atom. The number of amides is 1. The molecule has 8 nitrogen and oxygen atoms in total. The van der Waals surface area contributed by atoms with Gasteiger partial charge in [0, 0.05) is 65.5 Å². The molecule has 6 rings (SSSR count). The molecule has 0 spiro atoms. The minimum absolute atomic E-state index is 0.175. The van der Waals surface area contributed by atoms with Gasteiger partial charge in [0.1, 0.15) is 5.82 Å². The fourth-order valence-electron chi connectivity index (χ4n) is 5.85. The molecule has 3 aliphatic heterocycles. The SMILES string of the molecule is O=C(N1CCN(c2ccc(N3CCN(CC4CCCO4)CC3)nn2)CC1)C1(c2ccc(F)cc2)CC1. The summed E-state index contributed by atoms with van der Waals surface area (Å²) in [6.07, 6.45) is 4.46. The van der Waals surface area contributed by atoms with Crippen LogP contribution in [0.1, 0.15) is 31.2 Å². The molecule has 4 fully saturated rings. The Bertz CT molecular complexity index is 1040. The highest BCUT2D eigenvalue weighted by molar-refractivity contribution is 5.91. The molecule has 0 bridgehead atoms. The van der Waals surface area contributed by atoms with Crippen LogP contribution < -0.4 is 9.80 Å². The Balaban J connectivity index is 0.998. The third kappa shape index (κ3) is 4.78. The van der Waals surface area contributed by atoms with Gasteiger partial charge in [0.2, 0.25) is 5.91 Å². The molecule has 3 saturated heterocycles. The third-order valence-corrected chi connectivity index (χ3v) is 8.27. The molecule has 9 heteroatoms. The number of benzene rings is 1. The molecule has 0 N–H and O–H groups in total. The second-order valence-corrected chi connectivity index (χ2v) is 10.5. The van der Waals surface area contributed by atoms with Gasteiger partial charge in [0.05, 0.1) is 11.5 Å². The molecular formula is C27H35FN6O2. The van der Waals surface area contributed by atoms with Gasteiger partial charge < -0.3 is 19.4 Å². The van der Waals surface area contributed by atoms with Crippen LogP contribution in [0.3, 0.4) is 0 Å². The van der Waals surface area contributed by atoms with Gasteiger partial charge in [-0.25, -0.2) is 4.39 Å². The number of rotatable bonds is 6. The van der Waals surface area contributed by atoms with E-state index >= 15 is 0 Å². The van der Waals surface area contributed by atoms with Crippen LogP contribution in [-0.2, 0) is 14.9 Å². The molecule has 2 aromatic rings. The van der Waals surface area contributed by atoms with Crippen LogP contribution in [0.4, 0.5) is 16.0 Å². The standard InChI is InChI=1S/C27H35FN6O2/c28-22-5-3-21(4-6-22)27(9-10-27)26(35)34-17-15-33(16-18-34)25-8-7-24(29-30-25)32-13-11-31(12-14-32)20-23-2-1-19-36-23/h3-8,23H,1-2,9-20H2. The number of piperazine rings is 2. The quantitative estimate of drug-likeness (QED) is 0.611. The number of hydrogen-bond donors (Lipinski definition) is 0. The third-order valence-electron chi connectivity index (χ3n) is 8.27. The van der Waals surface area contributed by atoms with Crippen molar-refractivity contribution in [2.45, 2.75) is 37.2 Å². The van der Waals surface area contributed by atoms with Crippen LogP contribution in [-0.4, -0.2) is 97.5 Å². The maximum absolute atomic E-state index is 13.3. The number of anilines is 2. The summed E-state index contributed by atoms with van der Waals surface area (Å²) in [5.41, 5.74) is 0.483. The highest BCUT2D eigenvalue weighted by Gasteiger charge is 2.53. The van der Waals surface area contributed by atoms with Crippen LogP contribution >= 0.6 is 0 Å². The van der Waals surface area contributed by atoms with Gasteiger partial charge in [-0.15, -0.1) is 10.2 Å². The first-order valence-electron chi connectivity index (χ1n) is 13.3. The molecule has 1 atom stereocenters. The number of nitrogens with zero attached hydrogens (tertiary/aromatic N) is 6. The van der Waals surface area contributed by atoms with Crippen molar-refractivity contribution in [3.63, 3.8) is 0 Å². The van der Waals surface area contributed by atoms with E-state index in [9.17, 15) is 9.18 Å². The van der Waals surface area contributed by atoms with Gasteiger partial charge in [-0.1, -0.05) is 12.1 Å². The minimum Gasteiger partial charge on any atom is -0.377 e. The zero-order chi connectivity index (χ0) is 24.5. The molecule has 1 aromatic carbocycles. The second-order valence-electron chi connectivity index (χ2n) is 10.5. The average molecular weight is 495 g/mol. The lowest BCUT2D eigenvalue weighted by atomic mass is 9.94. The molecule has 4 aliphatic rings. The van der Waals surface area contributed by atoms with E-state index in [-0.39, 0.29) is 11.7 Å². The monoisotopic (exact) mass is 494 g/mol. The molecule has 1 unspecified atom stereocenters. The Hall–Kier alpha value is -2.78. The number of carbonyl (C=O) groups excluding carboxylic acids is 1. The fourth-order valence-corrected chi connectivity index (χ4v) is 5.85. The molecule has 1 saturated carbocycles. The van der Waals surface area contributed by atoms with Gasteiger partial charge in [0.25, 0.3) is 0 Å². The first-order chi connectivity index (χ1) is 17.6. The van der Waals surface area contributed by atoms with E-state index in [2.05, 4.69) is 37.0 Å². The number of ether oxygens (including phenoxy) is 1. The molecular weight excluding hydrogens is 459 g/mol. The summed E-state index contributed by atoms with van der Waals surface area (Å²) in [7, 11) is 0. The van der Waals surface area contributed by atoms with Gasteiger partial charge >= 0.3 is 0 Å². The molecule has 36 heavy (non-hydrogen) atoms. The lowest BCUT2D eigenvalue weighted by Gasteiger charge is -2.37. The lowest BCUT2D eigenvalue weighted by molar-refractivity contribution is -0.134. The van der Waals surface area contributed by atoms with E-state index in [0.717, 1.165) is 82.5 Å². The largest absolute Gasteiger partial charge is 0.377 e. The Morgan fingerprint density at radius 2 is 1.50 bits per heavy atom. The zero-order valence-corrected chi connectivity index (χ0v) is 20.8. The summed E-state index contributed by atoms with van der Waals surface area (Å²) >= 11 is 0. The van der Waals surface area contributed by atoms with E-state index in [4.69, 9.17) is 4.74 Å². The fraction of sp³-hybridized carbons (Fsp3) is 0.593. The number of aromatic nitrogens is 2. The van der Waals surface area contributed by atoms with E-state index in [0.29, 0.717) is 19.2 Å². The normalized spacial score (nSPS) is 24.2. The summed E-state index contributed by atoms with van der Waals surface area (Å²) in [5, 5.41) is 9.06. The van der Waals surface area contributed by atoms with Crippen molar-refractivity contribution < 1.29 is 13.9 Å². The summed E-state index contributed by atoms with van der Waals surface area (Å²) < 4.78 is 19.1. The van der Waals surface area contributed by atoms with Crippen molar-refractivity contribution in [2.75, 3.05) is 75.3 Å². The van der Waals surface area contributed by atoms with Crippen molar-refractivity contribution in [1.82, 2.24) is 20.0 Å². The molecule has 4 heterocycles. The Kier molecular flexibility index (Phi) is 6.52. The molecule has 192 valence electrons. The first-order valence-corrected chi connectivity index (χ1v) is 13.3. The van der Waals surface area contributed by atoms with Crippen LogP contribution in [0.15, 0.2) is 36.4 Å². The van der Waals surface area contributed by atoms with E-state index < -0.39 is 5.41 Å². The maximum atomic E-state index is 13.3. The predicted molar refractivity (Wildman–Crippen MR) is 136 cm³/mol. The summed E-state index contributed by atoms with van der Waals surface area (Å²) in [6, 6.07) is 10.6. The molecule has 0 radical (unpaired) electrons. The van der Waals surface area contributed by atoms with Crippen molar-refractivity contribution in [3.05, 3.63) is 47.8 Å². The Labute approximate surface area is 212 Å². The van der Waals surface area contributed by atoms with Crippen LogP contribution in [0.25, 0.3) is 0 Å². The average Bonchev–Trinajstić information content (AvgIpc) is 3.58. The lowest BCUT2D eigenvalue weighted by Crippen LogP contribution is -2.52. The van der Waals surface area contributed by atoms with Crippen LogP contribution in [0.5, 0.6) is 0 Å². The smallest absolute Gasteiger partial charge is 0.233 e. The van der Waals surface area contributed by atoms with E-state index in [1.165, 1.54) is 25.0 Å². The number of halogens is 1. The van der Waals surface area contributed by atoms with E-state index in [1.807, 2.05) is 4.90 Å². The minimum atomic E-state index is -0.453. The van der Waals surface area contributed by atoms with Crippen molar-refractivity contribution in [1.29, 1.82) is 0 Å². The Morgan fingerprint density at radius 1 is 0.889 bits per heavy atom. The van der Waals surface area contributed by atoms with Gasteiger partial charge in [0.15, 0.2) is 11.6 Å². The summed E-state index contributed by atoms with van der Waals surface area (Å²) in [6.45, 7) is 8.72. The predicted octanol–water partition coefficient (Wildman–Crippen LogP) is 2.30. The second kappa shape index (κ2) is 9.94. The first kappa shape index (κ1) is 23.6. The highest BCUT2D eigenvalue weighted by Crippen LogP contribution is 2.49. The molecule has 1 aliphatic carbocycles. The topological polar surface area (TPSA) is 65.0 Å². The number of hydrogen-bond acceptors (Lipinski definition) is 7. The number of carbonyl (C=O) groups is 1. The summed E-state index contributed by atoms with van der Waals surface area (Å²) in [4.78, 5) is 22.3. The van der Waals surface area contributed by atoms with Crippen molar-refractivity contribution in [3.8, 4) is 0 Å². The zero-order valence-electron chi connectivity index (χ0n) is 20.8. The van der Waals surface area contributed by atoms with Gasteiger partial charge in [-0.2, -0.15) is 0 Å². The maximum Gasteiger partial charge on any atom is 0.233 e. The van der Waals surface area contributed by atoms with Crippen molar-refractivity contribution in [2.24, 2.45) is 0 Å². The van der Waals surface area contributed by atoms with E-state index in [1.54, 1.807) is 12.1 Å². The van der Waals surface area contributed by atoms with Gasteiger partial charge in [-0.3, -0.25) is 9.69 Å². The van der Waals surface area contributed by atoms with Gasteiger partial charge in [-0.05, 0) is 55.5 Å².